The number of methoxy groups -OCH3 is 1. The van der Waals surface area contributed by atoms with Gasteiger partial charge in [-0.1, -0.05) is 23.4 Å². The molecule has 0 saturated carbocycles. The Bertz CT molecular complexity index is 1670. The summed E-state index contributed by atoms with van der Waals surface area (Å²) in [5.74, 6) is 2.20. The third-order valence-corrected chi connectivity index (χ3v) is 6.12. The van der Waals surface area contributed by atoms with E-state index in [1.165, 1.54) is 0 Å². The van der Waals surface area contributed by atoms with E-state index in [4.69, 9.17) is 19.2 Å². The van der Waals surface area contributed by atoms with Crippen molar-refractivity contribution in [1.82, 2.24) is 25.1 Å². The van der Waals surface area contributed by atoms with Crippen molar-refractivity contribution in [1.29, 1.82) is 0 Å². The summed E-state index contributed by atoms with van der Waals surface area (Å²) in [5, 5.41) is 8.24. The summed E-state index contributed by atoms with van der Waals surface area (Å²) in [6.45, 7) is 5.76. The van der Waals surface area contributed by atoms with Crippen molar-refractivity contribution in [2.45, 2.75) is 20.8 Å². The number of aryl methyl sites for hydroxylation is 3. The smallest absolute Gasteiger partial charge is 0.142 e. The van der Waals surface area contributed by atoms with Crippen LogP contribution in [0.2, 0.25) is 0 Å². The van der Waals surface area contributed by atoms with E-state index in [1.807, 2.05) is 51.4 Å². The molecule has 1 N–H and O–H groups in total. The molecule has 0 aliphatic carbocycles. The highest BCUT2D eigenvalue weighted by Gasteiger charge is 2.21. The molecule has 0 aliphatic rings. The van der Waals surface area contributed by atoms with Gasteiger partial charge in [0.1, 0.15) is 23.0 Å². The zero-order valence-corrected chi connectivity index (χ0v) is 18.7. The summed E-state index contributed by atoms with van der Waals surface area (Å²) in [6, 6.07) is 12.3. The average Bonchev–Trinajstić information content (AvgIpc) is 3.35. The molecule has 4 aromatic heterocycles. The number of aromatic amines is 1. The Kier molecular flexibility index (Phi) is 4.20. The van der Waals surface area contributed by atoms with E-state index in [-0.39, 0.29) is 0 Å². The summed E-state index contributed by atoms with van der Waals surface area (Å²) in [6.07, 6.45) is 3.68. The summed E-state index contributed by atoms with van der Waals surface area (Å²) in [4.78, 5) is 17.4. The van der Waals surface area contributed by atoms with Gasteiger partial charge in [0.05, 0.1) is 29.4 Å². The van der Waals surface area contributed by atoms with Crippen LogP contribution in [0.1, 0.15) is 17.3 Å². The molecular formula is C26H21N5O2. The van der Waals surface area contributed by atoms with Crippen molar-refractivity contribution in [2.75, 3.05) is 7.11 Å². The van der Waals surface area contributed by atoms with Crippen LogP contribution >= 0.6 is 0 Å². The lowest BCUT2D eigenvalue weighted by molar-refractivity contribution is 0.393. The minimum Gasteiger partial charge on any atom is -0.496 e. The Hall–Kier alpha value is -4.26. The number of nitrogens with zero attached hydrogens (tertiary/aromatic N) is 4. The van der Waals surface area contributed by atoms with Gasteiger partial charge in [-0.3, -0.25) is 4.98 Å². The van der Waals surface area contributed by atoms with Gasteiger partial charge < -0.3 is 14.2 Å². The zero-order chi connectivity index (χ0) is 22.7. The van der Waals surface area contributed by atoms with Gasteiger partial charge >= 0.3 is 0 Å². The second-order valence-electron chi connectivity index (χ2n) is 8.17. The molecule has 2 aromatic carbocycles. The van der Waals surface area contributed by atoms with E-state index in [2.05, 4.69) is 33.3 Å². The van der Waals surface area contributed by atoms with Gasteiger partial charge in [-0.05, 0) is 44.4 Å². The van der Waals surface area contributed by atoms with Crippen LogP contribution in [0.3, 0.4) is 0 Å². The molecule has 0 atom stereocenters. The highest BCUT2D eigenvalue weighted by Crippen LogP contribution is 2.42. The lowest BCUT2D eigenvalue weighted by atomic mass is 9.98. The Morgan fingerprint density at radius 3 is 2.64 bits per heavy atom. The van der Waals surface area contributed by atoms with Crippen LogP contribution in [0.15, 0.2) is 53.3 Å². The molecule has 6 aromatic rings. The summed E-state index contributed by atoms with van der Waals surface area (Å²) in [7, 11) is 1.68. The second-order valence-corrected chi connectivity index (χ2v) is 8.17. The van der Waals surface area contributed by atoms with E-state index in [1.54, 1.807) is 7.11 Å². The number of fused-ring (bicyclic) bond motifs is 4. The highest BCUT2D eigenvalue weighted by molar-refractivity contribution is 6.15. The van der Waals surface area contributed by atoms with Gasteiger partial charge in [0.25, 0.3) is 0 Å². The first-order valence-electron chi connectivity index (χ1n) is 10.7. The molecule has 7 heteroatoms. The Labute approximate surface area is 189 Å². The highest BCUT2D eigenvalue weighted by atomic mass is 16.5. The monoisotopic (exact) mass is 435 g/mol. The van der Waals surface area contributed by atoms with Gasteiger partial charge in [-0.25, -0.2) is 9.97 Å². The fourth-order valence-corrected chi connectivity index (χ4v) is 4.69. The Morgan fingerprint density at radius 2 is 1.85 bits per heavy atom. The van der Waals surface area contributed by atoms with E-state index < -0.39 is 0 Å². The lowest BCUT2D eigenvalue weighted by Gasteiger charge is -2.10. The average molecular weight is 435 g/mol. The predicted octanol–water partition coefficient (Wildman–Crippen LogP) is 5.92. The number of benzene rings is 2. The van der Waals surface area contributed by atoms with Crippen LogP contribution in [0.25, 0.3) is 55.1 Å². The van der Waals surface area contributed by atoms with Gasteiger partial charge in [0.2, 0.25) is 0 Å². The topological polar surface area (TPSA) is 89.7 Å². The minimum atomic E-state index is 0.702. The minimum absolute atomic E-state index is 0.702. The van der Waals surface area contributed by atoms with Gasteiger partial charge in [-0.2, -0.15) is 0 Å². The number of pyridine rings is 1. The largest absolute Gasteiger partial charge is 0.496 e. The Balaban J connectivity index is 1.71. The first-order chi connectivity index (χ1) is 16.0. The summed E-state index contributed by atoms with van der Waals surface area (Å²) < 4.78 is 11.2. The fourth-order valence-electron chi connectivity index (χ4n) is 4.69. The van der Waals surface area contributed by atoms with Crippen LogP contribution in [0, 0.1) is 20.8 Å². The second kappa shape index (κ2) is 7.13. The van der Waals surface area contributed by atoms with Crippen molar-refractivity contribution in [3.63, 3.8) is 0 Å². The van der Waals surface area contributed by atoms with Gasteiger partial charge in [0.15, 0.2) is 0 Å². The number of aromatic nitrogens is 5. The number of H-pyrrole nitrogens is 1. The first-order valence-corrected chi connectivity index (χ1v) is 10.7. The molecule has 6 rings (SSSR count). The first kappa shape index (κ1) is 19.4. The van der Waals surface area contributed by atoms with Crippen LogP contribution in [-0.2, 0) is 0 Å². The van der Waals surface area contributed by atoms with Crippen LogP contribution in [0.5, 0.6) is 5.75 Å². The van der Waals surface area contributed by atoms with Crippen LogP contribution in [-0.4, -0.2) is 32.2 Å². The lowest BCUT2D eigenvalue weighted by Crippen LogP contribution is -1.94. The molecular weight excluding hydrogens is 414 g/mol. The van der Waals surface area contributed by atoms with Crippen molar-refractivity contribution < 1.29 is 9.26 Å². The number of hydrogen-bond donors (Lipinski definition) is 1. The fraction of sp³-hybridized carbons (Fsp3) is 0.154. The van der Waals surface area contributed by atoms with Gasteiger partial charge in [0, 0.05) is 39.8 Å². The SMILES string of the molecule is COc1cc2c(cc1-c1c(C)noc1C)[nH]c1nc(C)nc(-c3cccc4cnccc34)c12. The van der Waals surface area contributed by atoms with E-state index in [0.717, 1.165) is 72.3 Å². The number of hydrogen-bond acceptors (Lipinski definition) is 6. The third kappa shape index (κ3) is 2.89. The maximum atomic E-state index is 5.81. The molecule has 33 heavy (non-hydrogen) atoms. The predicted molar refractivity (Wildman–Crippen MR) is 128 cm³/mol. The molecule has 0 fully saturated rings. The quantitative estimate of drug-likeness (QED) is 0.371. The van der Waals surface area contributed by atoms with Crippen molar-refractivity contribution in [3.05, 3.63) is 66.1 Å². The normalized spacial score (nSPS) is 11.6. The zero-order valence-electron chi connectivity index (χ0n) is 18.7. The summed E-state index contributed by atoms with van der Waals surface area (Å²) >= 11 is 0. The maximum Gasteiger partial charge on any atom is 0.142 e. The summed E-state index contributed by atoms with van der Waals surface area (Å²) in [5.41, 5.74) is 6.35. The van der Waals surface area contributed by atoms with E-state index >= 15 is 0 Å². The van der Waals surface area contributed by atoms with Crippen LogP contribution in [0.4, 0.5) is 0 Å². The molecule has 0 bridgehead atoms. The molecule has 0 radical (unpaired) electrons. The molecule has 0 saturated heterocycles. The van der Waals surface area contributed by atoms with Gasteiger partial charge in [-0.15, -0.1) is 0 Å². The van der Waals surface area contributed by atoms with E-state index in [0.29, 0.717) is 5.82 Å². The number of nitrogens with one attached hydrogen (secondary N) is 1. The molecule has 4 heterocycles. The van der Waals surface area contributed by atoms with Crippen molar-refractivity contribution in [2.24, 2.45) is 0 Å². The van der Waals surface area contributed by atoms with E-state index in [9.17, 15) is 0 Å². The van der Waals surface area contributed by atoms with Crippen molar-refractivity contribution >= 4 is 32.7 Å². The molecule has 7 nitrogen and oxygen atoms in total. The number of rotatable bonds is 3. The maximum absolute atomic E-state index is 5.81. The standard InChI is InChI=1S/C26H21N5O2/c1-13-23(14(2)33-31-13)20-10-21-19(11-22(20)32-4)24-25(28-15(3)29-26(24)30-21)18-7-5-6-16-12-27-9-8-17(16)18/h5-12H,1-4H3,(H,28,29,30). The Morgan fingerprint density at radius 1 is 0.970 bits per heavy atom. The molecule has 0 unspecified atom stereocenters. The van der Waals surface area contributed by atoms with Crippen LogP contribution < -0.4 is 4.74 Å². The van der Waals surface area contributed by atoms with Crippen molar-refractivity contribution in [3.8, 4) is 28.1 Å². The third-order valence-electron chi connectivity index (χ3n) is 6.12. The molecule has 0 amide bonds. The molecule has 0 aliphatic heterocycles. The molecule has 162 valence electrons. The molecule has 0 spiro atoms. The number of ether oxygens (including phenoxy) is 1.